The van der Waals surface area contributed by atoms with E-state index in [-0.39, 0.29) is 0 Å². The van der Waals surface area contributed by atoms with Crippen LogP contribution in [0.4, 0.5) is 0 Å². The minimum absolute atomic E-state index is 0.311. The van der Waals surface area contributed by atoms with Crippen molar-refractivity contribution in [3.63, 3.8) is 0 Å². The fourth-order valence-electron chi connectivity index (χ4n) is 1.17. The summed E-state index contributed by atoms with van der Waals surface area (Å²) in [5.41, 5.74) is 5.11. The molecule has 1 fully saturated rings. The molecule has 62 valence electrons. The lowest BCUT2D eigenvalue weighted by atomic mass is 10.2. The van der Waals surface area contributed by atoms with Gasteiger partial charge in [0.15, 0.2) is 0 Å². The second-order valence-corrected chi connectivity index (χ2v) is 2.56. The second kappa shape index (κ2) is 4.03. The maximum atomic E-state index is 5.11. The standard InChI is InChI=1S/C8H14N2O/c1-7(11-6-4-9)8-3-2-5-10-8/h4,6,8,10H,1-3,5,9H2/b6-4-/t8-/m0/s1. The molecule has 11 heavy (non-hydrogen) atoms. The number of ether oxygens (including phenoxy) is 1. The Kier molecular flexibility index (Phi) is 2.98. The molecule has 1 aliphatic rings. The summed E-state index contributed by atoms with van der Waals surface area (Å²) in [7, 11) is 0. The van der Waals surface area contributed by atoms with Crippen LogP contribution in [0, 0.1) is 0 Å². The third-order valence-electron chi connectivity index (χ3n) is 1.75. The summed E-state index contributed by atoms with van der Waals surface area (Å²) in [6.45, 7) is 4.84. The van der Waals surface area contributed by atoms with Gasteiger partial charge in [-0.25, -0.2) is 0 Å². The highest BCUT2D eigenvalue weighted by atomic mass is 16.5. The van der Waals surface area contributed by atoms with Crippen molar-refractivity contribution in [3.8, 4) is 0 Å². The van der Waals surface area contributed by atoms with Crippen LogP contribution in [0.5, 0.6) is 0 Å². The first-order valence-corrected chi connectivity index (χ1v) is 3.80. The van der Waals surface area contributed by atoms with Crippen molar-refractivity contribution in [3.05, 3.63) is 24.8 Å². The van der Waals surface area contributed by atoms with Gasteiger partial charge in [0.05, 0.1) is 6.04 Å². The summed E-state index contributed by atoms with van der Waals surface area (Å²) in [5, 5.41) is 3.27. The zero-order chi connectivity index (χ0) is 8.10. The molecule has 0 aromatic carbocycles. The maximum Gasteiger partial charge on any atom is 0.113 e. The van der Waals surface area contributed by atoms with Crippen molar-refractivity contribution < 1.29 is 4.74 Å². The number of nitrogens with one attached hydrogen (secondary N) is 1. The maximum absolute atomic E-state index is 5.11. The Balaban J connectivity index is 2.28. The Morgan fingerprint density at radius 3 is 3.09 bits per heavy atom. The third-order valence-corrected chi connectivity index (χ3v) is 1.75. The molecule has 0 aliphatic carbocycles. The summed E-state index contributed by atoms with van der Waals surface area (Å²) < 4.78 is 5.11. The van der Waals surface area contributed by atoms with Crippen molar-refractivity contribution in [2.24, 2.45) is 5.73 Å². The van der Waals surface area contributed by atoms with Gasteiger partial charge in [-0.2, -0.15) is 0 Å². The van der Waals surface area contributed by atoms with Gasteiger partial charge in [0.1, 0.15) is 12.0 Å². The fourth-order valence-corrected chi connectivity index (χ4v) is 1.17. The zero-order valence-corrected chi connectivity index (χ0v) is 6.55. The molecule has 1 rings (SSSR count). The quantitative estimate of drug-likeness (QED) is 0.588. The van der Waals surface area contributed by atoms with Crippen LogP contribution in [-0.2, 0) is 4.74 Å². The van der Waals surface area contributed by atoms with E-state index in [1.54, 1.807) is 0 Å². The molecule has 0 radical (unpaired) electrons. The van der Waals surface area contributed by atoms with Crippen molar-refractivity contribution in [2.45, 2.75) is 18.9 Å². The largest absolute Gasteiger partial charge is 0.467 e. The topological polar surface area (TPSA) is 47.3 Å². The van der Waals surface area contributed by atoms with E-state index < -0.39 is 0 Å². The fraction of sp³-hybridized carbons (Fsp3) is 0.500. The molecule has 1 atom stereocenters. The molecule has 0 saturated carbocycles. The van der Waals surface area contributed by atoms with Gasteiger partial charge < -0.3 is 15.8 Å². The van der Waals surface area contributed by atoms with E-state index in [4.69, 9.17) is 10.5 Å². The molecule has 0 amide bonds. The van der Waals surface area contributed by atoms with Crippen LogP contribution < -0.4 is 11.1 Å². The Labute approximate surface area is 66.9 Å². The van der Waals surface area contributed by atoms with Crippen LogP contribution in [0.3, 0.4) is 0 Å². The Morgan fingerprint density at radius 2 is 2.55 bits per heavy atom. The van der Waals surface area contributed by atoms with Crippen LogP contribution in [0.1, 0.15) is 12.8 Å². The Bertz CT molecular complexity index is 159. The van der Waals surface area contributed by atoms with Gasteiger partial charge in [-0.3, -0.25) is 0 Å². The normalized spacial score (nSPS) is 24.2. The summed E-state index contributed by atoms with van der Waals surface area (Å²) in [6, 6.07) is 0.311. The predicted octanol–water partition coefficient (Wildman–Crippen LogP) is 0.699. The Hall–Kier alpha value is -0.960. The molecule has 3 N–H and O–H groups in total. The Morgan fingerprint density at radius 1 is 1.73 bits per heavy atom. The number of rotatable bonds is 3. The van der Waals surface area contributed by atoms with E-state index in [1.807, 2.05) is 0 Å². The van der Waals surface area contributed by atoms with Crippen LogP contribution in [0.2, 0.25) is 0 Å². The predicted molar refractivity (Wildman–Crippen MR) is 44.6 cm³/mol. The van der Waals surface area contributed by atoms with Gasteiger partial charge in [0.2, 0.25) is 0 Å². The molecular formula is C8H14N2O. The van der Waals surface area contributed by atoms with Crippen LogP contribution in [0.15, 0.2) is 24.8 Å². The van der Waals surface area contributed by atoms with Gasteiger partial charge in [0.25, 0.3) is 0 Å². The van der Waals surface area contributed by atoms with Crippen molar-refractivity contribution in [1.29, 1.82) is 0 Å². The van der Waals surface area contributed by atoms with Crippen molar-refractivity contribution >= 4 is 0 Å². The third kappa shape index (κ3) is 2.27. The smallest absolute Gasteiger partial charge is 0.113 e. The molecule has 0 aromatic heterocycles. The number of hydrogen-bond acceptors (Lipinski definition) is 3. The van der Waals surface area contributed by atoms with Gasteiger partial charge in [-0.15, -0.1) is 0 Å². The molecule has 3 nitrogen and oxygen atoms in total. The highest BCUT2D eigenvalue weighted by molar-refractivity contribution is 5.01. The van der Waals surface area contributed by atoms with Crippen LogP contribution >= 0.6 is 0 Å². The monoisotopic (exact) mass is 154 g/mol. The van der Waals surface area contributed by atoms with E-state index in [2.05, 4.69) is 11.9 Å². The average Bonchev–Trinajstić information content (AvgIpc) is 2.52. The first kappa shape index (κ1) is 8.14. The zero-order valence-electron chi connectivity index (χ0n) is 6.55. The SMILES string of the molecule is C=C(O/C=C\N)[C@@H]1CCCN1. The lowest BCUT2D eigenvalue weighted by molar-refractivity contribution is 0.310. The van der Waals surface area contributed by atoms with Gasteiger partial charge in [-0.05, 0) is 19.4 Å². The van der Waals surface area contributed by atoms with Crippen molar-refractivity contribution in [1.82, 2.24) is 5.32 Å². The minimum Gasteiger partial charge on any atom is -0.467 e. The van der Waals surface area contributed by atoms with Gasteiger partial charge >= 0.3 is 0 Å². The molecule has 0 unspecified atom stereocenters. The molecule has 3 heteroatoms. The van der Waals surface area contributed by atoms with E-state index in [1.165, 1.54) is 18.9 Å². The summed E-state index contributed by atoms with van der Waals surface area (Å²) in [6.07, 6.45) is 5.11. The van der Waals surface area contributed by atoms with E-state index in [0.717, 1.165) is 18.7 Å². The molecular weight excluding hydrogens is 140 g/mol. The molecule has 1 aliphatic heterocycles. The summed E-state index contributed by atoms with van der Waals surface area (Å²) >= 11 is 0. The molecule has 1 heterocycles. The molecule has 1 saturated heterocycles. The van der Waals surface area contributed by atoms with E-state index in [9.17, 15) is 0 Å². The molecule has 0 bridgehead atoms. The van der Waals surface area contributed by atoms with Gasteiger partial charge in [-0.1, -0.05) is 6.58 Å². The highest BCUT2D eigenvalue weighted by Crippen LogP contribution is 2.13. The lowest BCUT2D eigenvalue weighted by Crippen LogP contribution is -2.23. The number of hydrogen-bond donors (Lipinski definition) is 2. The van der Waals surface area contributed by atoms with Crippen LogP contribution in [-0.4, -0.2) is 12.6 Å². The van der Waals surface area contributed by atoms with E-state index in [0.29, 0.717) is 6.04 Å². The average molecular weight is 154 g/mol. The first-order valence-electron chi connectivity index (χ1n) is 3.80. The van der Waals surface area contributed by atoms with Gasteiger partial charge in [0, 0.05) is 6.20 Å². The minimum atomic E-state index is 0.311. The lowest BCUT2D eigenvalue weighted by Gasteiger charge is -2.11. The highest BCUT2D eigenvalue weighted by Gasteiger charge is 2.17. The second-order valence-electron chi connectivity index (χ2n) is 2.56. The van der Waals surface area contributed by atoms with E-state index >= 15 is 0 Å². The molecule has 0 aromatic rings. The summed E-state index contributed by atoms with van der Waals surface area (Å²) in [4.78, 5) is 0. The number of nitrogens with two attached hydrogens (primary N) is 1. The summed E-state index contributed by atoms with van der Waals surface area (Å²) in [5.74, 6) is 0.754. The molecule has 0 spiro atoms. The van der Waals surface area contributed by atoms with Crippen LogP contribution in [0.25, 0.3) is 0 Å². The van der Waals surface area contributed by atoms with Crippen molar-refractivity contribution in [2.75, 3.05) is 6.54 Å². The first-order chi connectivity index (χ1) is 5.34.